The average Bonchev–Trinajstić information content (AvgIpc) is 2.40. The Kier molecular flexibility index (Phi) is 4.57. The molecule has 0 aliphatic heterocycles. The molecule has 0 aliphatic rings. The molecule has 2 nitrogen and oxygen atoms in total. The smallest absolute Gasteiger partial charge is 0.224 e. The molecule has 0 bridgehead atoms. The van der Waals surface area contributed by atoms with Gasteiger partial charge in [0.15, 0.2) is 0 Å². The van der Waals surface area contributed by atoms with Crippen LogP contribution >= 0.6 is 0 Å². The highest BCUT2D eigenvalue weighted by Crippen LogP contribution is 2.11. The zero-order valence-corrected chi connectivity index (χ0v) is 12.4. The van der Waals surface area contributed by atoms with E-state index in [-0.39, 0.29) is 5.91 Å². The van der Waals surface area contributed by atoms with Gasteiger partial charge in [-0.1, -0.05) is 53.6 Å². The third-order valence-corrected chi connectivity index (χ3v) is 3.42. The molecule has 0 heterocycles. The van der Waals surface area contributed by atoms with Crippen LogP contribution in [-0.4, -0.2) is 5.91 Å². The lowest BCUT2D eigenvalue weighted by Gasteiger charge is -2.08. The molecule has 1 N–H and O–H groups in total. The van der Waals surface area contributed by atoms with Crippen molar-refractivity contribution >= 4 is 5.91 Å². The lowest BCUT2D eigenvalue weighted by atomic mass is 10.0. The molecular weight excluding hydrogens is 246 g/mol. The van der Waals surface area contributed by atoms with Crippen molar-refractivity contribution in [3.05, 3.63) is 70.3 Å². The highest BCUT2D eigenvalue weighted by atomic mass is 16.1. The standard InChI is InChI=1S/C18H21NO/c1-13-5-4-6-16(10-13)12-19-18(20)11-17-8-7-14(2)9-15(17)3/h4-10H,11-12H2,1-3H3,(H,19,20). The number of benzene rings is 2. The highest BCUT2D eigenvalue weighted by molar-refractivity contribution is 5.78. The van der Waals surface area contributed by atoms with E-state index in [1.165, 1.54) is 16.7 Å². The van der Waals surface area contributed by atoms with Crippen LogP contribution < -0.4 is 5.32 Å². The summed E-state index contributed by atoms with van der Waals surface area (Å²) in [5.41, 5.74) is 5.85. The zero-order valence-electron chi connectivity index (χ0n) is 12.4. The fourth-order valence-corrected chi connectivity index (χ4v) is 2.30. The zero-order chi connectivity index (χ0) is 14.5. The van der Waals surface area contributed by atoms with Crippen LogP contribution in [0.5, 0.6) is 0 Å². The van der Waals surface area contributed by atoms with Crippen molar-refractivity contribution < 1.29 is 4.79 Å². The molecule has 0 spiro atoms. The van der Waals surface area contributed by atoms with Crippen molar-refractivity contribution in [3.8, 4) is 0 Å². The molecule has 104 valence electrons. The fraction of sp³-hybridized carbons (Fsp3) is 0.278. The molecule has 0 fully saturated rings. The maximum atomic E-state index is 12.0. The first-order chi connectivity index (χ1) is 9.54. The second-order valence-corrected chi connectivity index (χ2v) is 5.37. The molecule has 2 aromatic rings. The van der Waals surface area contributed by atoms with Gasteiger partial charge < -0.3 is 5.32 Å². The summed E-state index contributed by atoms with van der Waals surface area (Å²) < 4.78 is 0. The van der Waals surface area contributed by atoms with Crippen LogP contribution in [0.2, 0.25) is 0 Å². The molecular formula is C18H21NO. The fourth-order valence-electron chi connectivity index (χ4n) is 2.30. The molecule has 2 aromatic carbocycles. The van der Waals surface area contributed by atoms with Crippen molar-refractivity contribution in [3.63, 3.8) is 0 Å². The van der Waals surface area contributed by atoms with E-state index in [9.17, 15) is 4.79 Å². The van der Waals surface area contributed by atoms with Gasteiger partial charge in [-0.15, -0.1) is 0 Å². The van der Waals surface area contributed by atoms with Crippen molar-refractivity contribution in [2.75, 3.05) is 0 Å². The van der Waals surface area contributed by atoms with Crippen LogP contribution in [-0.2, 0) is 17.8 Å². The molecule has 1 amide bonds. The molecule has 0 atom stereocenters. The van der Waals surface area contributed by atoms with Crippen LogP contribution in [0.1, 0.15) is 27.8 Å². The molecule has 0 unspecified atom stereocenters. The first-order valence-electron chi connectivity index (χ1n) is 6.93. The Bertz CT molecular complexity index is 617. The minimum absolute atomic E-state index is 0.0680. The predicted octanol–water partition coefficient (Wildman–Crippen LogP) is 3.47. The molecule has 0 radical (unpaired) electrons. The summed E-state index contributed by atoms with van der Waals surface area (Å²) >= 11 is 0. The van der Waals surface area contributed by atoms with Gasteiger partial charge in [0.05, 0.1) is 6.42 Å². The number of aryl methyl sites for hydroxylation is 3. The van der Waals surface area contributed by atoms with E-state index in [1.807, 2.05) is 18.2 Å². The molecule has 0 aliphatic carbocycles. The lowest BCUT2D eigenvalue weighted by molar-refractivity contribution is -0.120. The van der Waals surface area contributed by atoms with E-state index >= 15 is 0 Å². The Morgan fingerprint density at radius 3 is 2.45 bits per heavy atom. The molecule has 20 heavy (non-hydrogen) atoms. The number of carbonyl (C=O) groups is 1. The number of hydrogen-bond donors (Lipinski definition) is 1. The quantitative estimate of drug-likeness (QED) is 0.903. The second-order valence-electron chi connectivity index (χ2n) is 5.37. The summed E-state index contributed by atoms with van der Waals surface area (Å²) in [6.45, 7) is 6.76. The SMILES string of the molecule is Cc1cccc(CNC(=O)Cc2ccc(C)cc2C)c1. The second kappa shape index (κ2) is 6.38. The summed E-state index contributed by atoms with van der Waals surface area (Å²) in [7, 11) is 0. The Balaban J connectivity index is 1.92. The number of amides is 1. The summed E-state index contributed by atoms with van der Waals surface area (Å²) in [5.74, 6) is 0.0680. The highest BCUT2D eigenvalue weighted by Gasteiger charge is 2.06. The van der Waals surface area contributed by atoms with Gasteiger partial charge in [-0.3, -0.25) is 4.79 Å². The molecule has 0 saturated carbocycles. The topological polar surface area (TPSA) is 29.1 Å². The molecule has 0 aromatic heterocycles. The van der Waals surface area contributed by atoms with E-state index in [2.05, 4.69) is 50.4 Å². The van der Waals surface area contributed by atoms with Crippen LogP contribution in [0.25, 0.3) is 0 Å². The minimum atomic E-state index is 0.0680. The largest absolute Gasteiger partial charge is 0.352 e. The van der Waals surface area contributed by atoms with Gasteiger partial charge in [-0.25, -0.2) is 0 Å². The van der Waals surface area contributed by atoms with Crippen molar-refractivity contribution in [1.29, 1.82) is 0 Å². The Morgan fingerprint density at radius 1 is 1.00 bits per heavy atom. The summed E-state index contributed by atoms with van der Waals surface area (Å²) in [6.07, 6.45) is 0.442. The van der Waals surface area contributed by atoms with Gasteiger partial charge in [0.25, 0.3) is 0 Å². The van der Waals surface area contributed by atoms with E-state index in [4.69, 9.17) is 0 Å². The number of hydrogen-bond acceptors (Lipinski definition) is 1. The lowest BCUT2D eigenvalue weighted by Crippen LogP contribution is -2.24. The first kappa shape index (κ1) is 14.3. The Labute approximate surface area is 120 Å². The Morgan fingerprint density at radius 2 is 1.75 bits per heavy atom. The number of rotatable bonds is 4. The third-order valence-electron chi connectivity index (χ3n) is 3.42. The normalized spacial score (nSPS) is 10.3. The van der Waals surface area contributed by atoms with E-state index in [1.54, 1.807) is 0 Å². The van der Waals surface area contributed by atoms with Gasteiger partial charge >= 0.3 is 0 Å². The van der Waals surface area contributed by atoms with E-state index in [0.717, 1.165) is 11.1 Å². The third kappa shape index (κ3) is 3.95. The summed E-state index contributed by atoms with van der Waals surface area (Å²) in [6, 6.07) is 14.4. The average molecular weight is 267 g/mol. The van der Waals surface area contributed by atoms with Crippen LogP contribution in [0.15, 0.2) is 42.5 Å². The van der Waals surface area contributed by atoms with Gasteiger partial charge in [0.1, 0.15) is 0 Å². The van der Waals surface area contributed by atoms with E-state index < -0.39 is 0 Å². The number of carbonyl (C=O) groups excluding carboxylic acids is 1. The van der Waals surface area contributed by atoms with Gasteiger partial charge in [0, 0.05) is 6.54 Å². The molecule has 2 rings (SSSR count). The first-order valence-corrected chi connectivity index (χ1v) is 6.93. The van der Waals surface area contributed by atoms with Crippen molar-refractivity contribution in [2.24, 2.45) is 0 Å². The minimum Gasteiger partial charge on any atom is -0.352 e. The molecule has 2 heteroatoms. The van der Waals surface area contributed by atoms with Crippen molar-refractivity contribution in [1.82, 2.24) is 5.32 Å². The van der Waals surface area contributed by atoms with Crippen molar-refractivity contribution in [2.45, 2.75) is 33.7 Å². The van der Waals surface area contributed by atoms with Crippen LogP contribution in [0.4, 0.5) is 0 Å². The van der Waals surface area contributed by atoms with Gasteiger partial charge in [-0.2, -0.15) is 0 Å². The van der Waals surface area contributed by atoms with E-state index in [0.29, 0.717) is 13.0 Å². The predicted molar refractivity (Wildman–Crippen MR) is 82.6 cm³/mol. The number of nitrogens with one attached hydrogen (secondary N) is 1. The summed E-state index contributed by atoms with van der Waals surface area (Å²) in [5, 5.41) is 2.98. The van der Waals surface area contributed by atoms with Crippen LogP contribution in [0.3, 0.4) is 0 Å². The Hall–Kier alpha value is -2.09. The van der Waals surface area contributed by atoms with Gasteiger partial charge in [-0.05, 0) is 37.5 Å². The van der Waals surface area contributed by atoms with Crippen LogP contribution in [0, 0.1) is 20.8 Å². The molecule has 0 saturated heterocycles. The maximum Gasteiger partial charge on any atom is 0.224 e. The summed E-state index contributed by atoms with van der Waals surface area (Å²) in [4.78, 5) is 12.0. The maximum absolute atomic E-state index is 12.0. The van der Waals surface area contributed by atoms with Gasteiger partial charge in [0.2, 0.25) is 5.91 Å². The monoisotopic (exact) mass is 267 g/mol.